The largest absolute Gasteiger partial charge is 0.353 e. The van der Waals surface area contributed by atoms with Crippen LogP contribution in [0.4, 0.5) is 11.4 Å². The van der Waals surface area contributed by atoms with E-state index in [0.717, 1.165) is 27.8 Å². The Labute approximate surface area is 117 Å². The van der Waals surface area contributed by atoms with Gasteiger partial charge in [0.15, 0.2) is 0 Å². The van der Waals surface area contributed by atoms with Crippen LogP contribution in [-0.2, 0) is 0 Å². The second kappa shape index (κ2) is 5.02. The smallest absolute Gasteiger partial charge is 0.101 e. The number of nitrogens with one attached hydrogen (secondary N) is 1. The molecule has 1 aromatic heterocycles. The van der Waals surface area contributed by atoms with Gasteiger partial charge in [0.1, 0.15) is 6.07 Å². The van der Waals surface area contributed by atoms with E-state index in [9.17, 15) is 5.26 Å². The molecule has 0 aliphatic rings. The second-order valence-electron chi connectivity index (χ2n) is 4.65. The quantitative estimate of drug-likeness (QED) is 0.751. The first kappa shape index (κ1) is 12.2. The van der Waals surface area contributed by atoms with Crippen LogP contribution in [0, 0.1) is 18.3 Å². The molecule has 20 heavy (non-hydrogen) atoms. The van der Waals surface area contributed by atoms with Crippen LogP contribution in [0.2, 0.25) is 0 Å². The van der Waals surface area contributed by atoms with Crippen molar-refractivity contribution in [1.29, 1.82) is 5.26 Å². The lowest BCUT2D eigenvalue weighted by atomic mass is 10.1. The maximum absolute atomic E-state index is 9.19. The molecule has 1 N–H and O–H groups in total. The van der Waals surface area contributed by atoms with E-state index in [1.54, 1.807) is 6.20 Å². The van der Waals surface area contributed by atoms with Crippen LogP contribution in [0.3, 0.4) is 0 Å². The number of pyridine rings is 1. The van der Waals surface area contributed by atoms with E-state index < -0.39 is 0 Å². The molecular weight excluding hydrogens is 246 g/mol. The molecule has 0 radical (unpaired) electrons. The molecule has 0 saturated carbocycles. The van der Waals surface area contributed by atoms with Crippen LogP contribution in [0.5, 0.6) is 0 Å². The molecule has 0 bridgehead atoms. The van der Waals surface area contributed by atoms with Crippen LogP contribution in [-0.4, -0.2) is 4.98 Å². The van der Waals surface area contributed by atoms with Crippen LogP contribution < -0.4 is 5.32 Å². The van der Waals surface area contributed by atoms with Crippen LogP contribution in [0.25, 0.3) is 10.9 Å². The van der Waals surface area contributed by atoms with E-state index in [0.29, 0.717) is 5.56 Å². The summed E-state index contributed by atoms with van der Waals surface area (Å²) in [7, 11) is 0. The van der Waals surface area contributed by atoms with Crippen molar-refractivity contribution in [1.82, 2.24) is 4.98 Å². The summed E-state index contributed by atoms with van der Waals surface area (Å²) < 4.78 is 0. The van der Waals surface area contributed by atoms with Crippen molar-refractivity contribution in [3.8, 4) is 6.07 Å². The maximum atomic E-state index is 9.19. The highest BCUT2D eigenvalue weighted by atomic mass is 14.9. The van der Waals surface area contributed by atoms with Crippen molar-refractivity contribution in [3.05, 3.63) is 65.9 Å². The Morgan fingerprint density at radius 1 is 1.10 bits per heavy atom. The number of aryl methyl sites for hydroxylation is 1. The number of fused-ring (bicyclic) bond motifs is 1. The molecule has 0 spiro atoms. The Morgan fingerprint density at radius 3 is 2.80 bits per heavy atom. The molecule has 0 amide bonds. The van der Waals surface area contributed by atoms with Gasteiger partial charge in [-0.2, -0.15) is 5.26 Å². The van der Waals surface area contributed by atoms with Crippen molar-refractivity contribution in [2.75, 3.05) is 5.32 Å². The van der Waals surface area contributed by atoms with Gasteiger partial charge in [0.25, 0.3) is 0 Å². The van der Waals surface area contributed by atoms with Crippen LogP contribution in [0.15, 0.2) is 54.7 Å². The molecule has 0 aliphatic heterocycles. The van der Waals surface area contributed by atoms with Gasteiger partial charge in [0, 0.05) is 5.39 Å². The zero-order valence-corrected chi connectivity index (χ0v) is 11.1. The molecule has 0 saturated heterocycles. The van der Waals surface area contributed by atoms with Crippen molar-refractivity contribution >= 4 is 22.3 Å². The third-order valence-electron chi connectivity index (χ3n) is 3.25. The van der Waals surface area contributed by atoms with Crippen molar-refractivity contribution in [2.24, 2.45) is 0 Å². The first-order valence-electron chi connectivity index (χ1n) is 6.39. The number of hydrogen-bond acceptors (Lipinski definition) is 3. The average molecular weight is 259 g/mol. The predicted molar refractivity (Wildman–Crippen MR) is 80.9 cm³/mol. The number of rotatable bonds is 2. The molecule has 0 fully saturated rings. The minimum absolute atomic E-state index is 0.637. The highest BCUT2D eigenvalue weighted by molar-refractivity contribution is 5.83. The molecule has 0 atom stereocenters. The maximum Gasteiger partial charge on any atom is 0.101 e. The van der Waals surface area contributed by atoms with Gasteiger partial charge in [-0.15, -0.1) is 0 Å². The standard InChI is InChI=1S/C17H13N3/c1-12-5-4-7-14(10-18)17(12)20-15-9-13-6-2-3-8-16(13)19-11-15/h2-9,11,20H,1H3. The van der Waals surface area contributed by atoms with Gasteiger partial charge in [0.2, 0.25) is 0 Å². The molecule has 0 aliphatic carbocycles. The third-order valence-corrected chi connectivity index (χ3v) is 3.25. The monoisotopic (exact) mass is 259 g/mol. The van der Waals surface area contributed by atoms with Crippen molar-refractivity contribution in [2.45, 2.75) is 6.92 Å². The molecule has 1 heterocycles. The predicted octanol–water partition coefficient (Wildman–Crippen LogP) is 4.16. The summed E-state index contributed by atoms with van der Waals surface area (Å²) in [5, 5.41) is 13.6. The fourth-order valence-electron chi connectivity index (χ4n) is 2.21. The summed E-state index contributed by atoms with van der Waals surface area (Å²) >= 11 is 0. The summed E-state index contributed by atoms with van der Waals surface area (Å²) in [6, 6.07) is 17.9. The first-order valence-corrected chi connectivity index (χ1v) is 6.39. The number of anilines is 2. The summed E-state index contributed by atoms with van der Waals surface area (Å²) in [4.78, 5) is 4.42. The highest BCUT2D eigenvalue weighted by Crippen LogP contribution is 2.25. The van der Waals surface area contributed by atoms with Crippen molar-refractivity contribution in [3.63, 3.8) is 0 Å². The average Bonchev–Trinajstić information content (AvgIpc) is 2.49. The Bertz CT molecular complexity index is 816. The SMILES string of the molecule is Cc1cccc(C#N)c1Nc1cnc2ccccc2c1. The van der Waals surface area contributed by atoms with Gasteiger partial charge in [-0.05, 0) is 30.7 Å². The molecule has 2 aromatic carbocycles. The third kappa shape index (κ3) is 2.19. The second-order valence-corrected chi connectivity index (χ2v) is 4.65. The van der Waals surface area contributed by atoms with Crippen LogP contribution >= 0.6 is 0 Å². The van der Waals surface area contributed by atoms with E-state index in [2.05, 4.69) is 16.4 Å². The summed E-state index contributed by atoms with van der Waals surface area (Å²) in [6.07, 6.45) is 1.79. The highest BCUT2D eigenvalue weighted by Gasteiger charge is 2.06. The van der Waals surface area contributed by atoms with E-state index >= 15 is 0 Å². The number of nitrogens with zero attached hydrogens (tertiary/aromatic N) is 2. The number of aromatic nitrogens is 1. The summed E-state index contributed by atoms with van der Waals surface area (Å²) in [5.41, 5.74) is 4.36. The summed E-state index contributed by atoms with van der Waals surface area (Å²) in [5.74, 6) is 0. The lowest BCUT2D eigenvalue weighted by Gasteiger charge is -2.11. The molecule has 3 nitrogen and oxygen atoms in total. The number of benzene rings is 2. The number of hydrogen-bond donors (Lipinski definition) is 1. The molecule has 0 unspecified atom stereocenters. The Kier molecular flexibility index (Phi) is 3.06. The van der Waals surface area contributed by atoms with E-state index in [4.69, 9.17) is 0 Å². The zero-order valence-electron chi connectivity index (χ0n) is 11.1. The molecule has 3 aromatic rings. The van der Waals surface area contributed by atoms with Crippen molar-refractivity contribution < 1.29 is 0 Å². The number of nitriles is 1. The van der Waals surface area contributed by atoms with Crippen LogP contribution in [0.1, 0.15) is 11.1 Å². The lowest BCUT2D eigenvalue weighted by molar-refractivity contribution is 1.36. The van der Waals surface area contributed by atoms with Gasteiger partial charge >= 0.3 is 0 Å². The van der Waals surface area contributed by atoms with Gasteiger partial charge in [0.05, 0.1) is 28.7 Å². The van der Waals surface area contributed by atoms with Gasteiger partial charge in [-0.1, -0.05) is 30.3 Å². The molecule has 3 heteroatoms. The topological polar surface area (TPSA) is 48.7 Å². The lowest BCUT2D eigenvalue weighted by Crippen LogP contribution is -1.97. The van der Waals surface area contributed by atoms with E-state index in [1.165, 1.54) is 0 Å². The summed E-state index contributed by atoms with van der Waals surface area (Å²) in [6.45, 7) is 1.98. The fourth-order valence-corrected chi connectivity index (χ4v) is 2.21. The van der Waals surface area contributed by atoms with E-state index in [1.807, 2.05) is 55.5 Å². The molecule has 96 valence electrons. The minimum Gasteiger partial charge on any atom is -0.353 e. The zero-order chi connectivity index (χ0) is 13.9. The Balaban J connectivity index is 2.04. The number of para-hydroxylation sites is 2. The van der Waals surface area contributed by atoms with E-state index in [-0.39, 0.29) is 0 Å². The van der Waals surface area contributed by atoms with Gasteiger partial charge in [-0.3, -0.25) is 4.98 Å². The molecular formula is C17H13N3. The minimum atomic E-state index is 0.637. The Hall–Kier alpha value is -2.86. The van der Waals surface area contributed by atoms with Gasteiger partial charge in [-0.25, -0.2) is 0 Å². The molecule has 3 rings (SSSR count). The Morgan fingerprint density at radius 2 is 1.95 bits per heavy atom. The van der Waals surface area contributed by atoms with Gasteiger partial charge < -0.3 is 5.32 Å². The first-order chi connectivity index (χ1) is 9.78. The normalized spacial score (nSPS) is 10.2. The fraction of sp³-hybridized carbons (Fsp3) is 0.0588.